The van der Waals surface area contributed by atoms with Gasteiger partial charge in [0.2, 0.25) is 0 Å². The standard InChI is InChI=1S/C17H12ClF3O3.C5H12/c1-9(22)10-3-2-4-11(5-10)14-6-12-7-16(24-17(19,20)21)13(18)8-15(12)23-14;1-4-5(2)3/h2-5,7-8,14H,6H2,1H3;5H,4H2,1-3H3. The van der Waals surface area contributed by atoms with Gasteiger partial charge in [-0.15, -0.1) is 13.2 Å². The van der Waals surface area contributed by atoms with Crippen molar-refractivity contribution in [1.82, 2.24) is 0 Å². The topological polar surface area (TPSA) is 35.5 Å². The first kappa shape index (κ1) is 23.1. The van der Waals surface area contributed by atoms with Gasteiger partial charge in [-0.2, -0.15) is 0 Å². The Hall–Kier alpha value is -2.21. The van der Waals surface area contributed by atoms with Crippen molar-refractivity contribution in [3.05, 3.63) is 58.1 Å². The Morgan fingerprint density at radius 1 is 1.28 bits per heavy atom. The Balaban J connectivity index is 0.000000537. The average molecular weight is 429 g/mol. The number of hydrogen-bond donors (Lipinski definition) is 0. The molecule has 0 fully saturated rings. The molecule has 2 aromatic rings. The maximum Gasteiger partial charge on any atom is 0.573 e. The van der Waals surface area contributed by atoms with Gasteiger partial charge in [-0.1, -0.05) is 57.0 Å². The lowest BCUT2D eigenvalue weighted by molar-refractivity contribution is -0.274. The van der Waals surface area contributed by atoms with E-state index in [9.17, 15) is 18.0 Å². The van der Waals surface area contributed by atoms with Crippen LogP contribution in [0, 0.1) is 5.92 Å². The molecular formula is C22H24ClF3O3. The lowest BCUT2D eigenvalue weighted by Gasteiger charge is -2.12. The molecule has 0 amide bonds. The lowest BCUT2D eigenvalue weighted by atomic mass is 10.0. The highest BCUT2D eigenvalue weighted by molar-refractivity contribution is 6.32. The Morgan fingerprint density at radius 2 is 1.93 bits per heavy atom. The van der Waals surface area contributed by atoms with E-state index in [1.54, 1.807) is 24.3 Å². The molecule has 1 atom stereocenters. The summed E-state index contributed by atoms with van der Waals surface area (Å²) in [6, 6.07) is 9.50. The van der Waals surface area contributed by atoms with Crippen LogP contribution in [-0.4, -0.2) is 12.1 Å². The molecule has 7 heteroatoms. The Labute approximate surface area is 173 Å². The first-order valence-corrected chi connectivity index (χ1v) is 9.73. The van der Waals surface area contributed by atoms with E-state index in [1.165, 1.54) is 25.5 Å². The molecule has 0 saturated carbocycles. The molecule has 0 bridgehead atoms. The largest absolute Gasteiger partial charge is 0.573 e. The van der Waals surface area contributed by atoms with Gasteiger partial charge in [-0.3, -0.25) is 4.79 Å². The maximum absolute atomic E-state index is 12.4. The normalized spacial score (nSPS) is 15.3. The molecule has 1 unspecified atom stereocenters. The van der Waals surface area contributed by atoms with Gasteiger partial charge in [0.05, 0.1) is 5.02 Å². The number of alkyl halides is 3. The summed E-state index contributed by atoms with van der Waals surface area (Å²) in [7, 11) is 0. The average Bonchev–Trinajstić information content (AvgIpc) is 3.04. The fourth-order valence-electron chi connectivity index (χ4n) is 2.59. The van der Waals surface area contributed by atoms with Gasteiger partial charge in [-0.25, -0.2) is 0 Å². The quantitative estimate of drug-likeness (QED) is 0.484. The van der Waals surface area contributed by atoms with E-state index >= 15 is 0 Å². The summed E-state index contributed by atoms with van der Waals surface area (Å²) in [6.07, 6.45) is -3.54. The summed E-state index contributed by atoms with van der Waals surface area (Å²) in [6.45, 7) is 8.11. The molecule has 0 aliphatic carbocycles. The number of rotatable bonds is 4. The molecule has 0 N–H and O–H groups in total. The second-order valence-corrected chi connectivity index (χ2v) is 7.64. The third-order valence-corrected chi connectivity index (χ3v) is 4.79. The van der Waals surface area contributed by atoms with Gasteiger partial charge in [0, 0.05) is 23.6 Å². The number of ether oxygens (including phenoxy) is 2. The molecule has 0 spiro atoms. The van der Waals surface area contributed by atoms with Crippen molar-refractivity contribution in [2.45, 2.75) is 53.0 Å². The van der Waals surface area contributed by atoms with Crippen LogP contribution in [0.1, 0.15) is 61.7 Å². The molecule has 0 saturated heterocycles. The Kier molecular flexibility index (Phi) is 7.58. The van der Waals surface area contributed by atoms with Gasteiger partial charge in [-0.05, 0) is 30.5 Å². The summed E-state index contributed by atoms with van der Waals surface area (Å²) >= 11 is 5.82. The summed E-state index contributed by atoms with van der Waals surface area (Å²) < 4.78 is 46.9. The summed E-state index contributed by atoms with van der Waals surface area (Å²) in [5.74, 6) is 0.767. The van der Waals surface area contributed by atoms with E-state index in [2.05, 4.69) is 25.5 Å². The van der Waals surface area contributed by atoms with Crippen molar-refractivity contribution >= 4 is 17.4 Å². The second kappa shape index (κ2) is 9.53. The fraction of sp³-hybridized carbons (Fsp3) is 0.409. The molecule has 1 heterocycles. The number of carbonyl (C=O) groups excluding carboxylic acids is 1. The predicted molar refractivity (Wildman–Crippen MR) is 107 cm³/mol. The van der Waals surface area contributed by atoms with Crippen LogP contribution < -0.4 is 9.47 Å². The first-order valence-electron chi connectivity index (χ1n) is 9.35. The smallest absolute Gasteiger partial charge is 0.485 e. The minimum atomic E-state index is -4.81. The highest BCUT2D eigenvalue weighted by atomic mass is 35.5. The lowest BCUT2D eigenvalue weighted by Crippen LogP contribution is -2.17. The minimum absolute atomic E-state index is 0.0729. The third-order valence-electron chi connectivity index (χ3n) is 4.50. The molecular weight excluding hydrogens is 405 g/mol. The summed E-state index contributed by atoms with van der Waals surface area (Å²) in [5, 5.41) is -0.177. The first-order chi connectivity index (χ1) is 13.5. The highest BCUT2D eigenvalue weighted by Gasteiger charge is 2.34. The number of ketones is 1. The molecule has 0 aromatic heterocycles. The van der Waals surface area contributed by atoms with Gasteiger partial charge >= 0.3 is 6.36 Å². The molecule has 3 rings (SSSR count). The zero-order valence-electron chi connectivity index (χ0n) is 16.8. The monoisotopic (exact) mass is 428 g/mol. The predicted octanol–water partition coefficient (Wildman–Crippen LogP) is 7.17. The molecule has 1 aliphatic heterocycles. The van der Waals surface area contributed by atoms with Crippen LogP contribution >= 0.6 is 11.6 Å². The Morgan fingerprint density at radius 3 is 2.48 bits per heavy atom. The van der Waals surface area contributed by atoms with Crippen molar-refractivity contribution in [2.24, 2.45) is 5.92 Å². The van der Waals surface area contributed by atoms with Crippen LogP contribution in [0.3, 0.4) is 0 Å². The van der Waals surface area contributed by atoms with E-state index in [-0.39, 0.29) is 10.8 Å². The molecule has 1 aliphatic rings. The van der Waals surface area contributed by atoms with E-state index in [0.29, 0.717) is 23.3 Å². The zero-order valence-corrected chi connectivity index (χ0v) is 17.5. The van der Waals surface area contributed by atoms with Gasteiger partial charge < -0.3 is 9.47 Å². The van der Waals surface area contributed by atoms with Crippen LogP contribution in [0.2, 0.25) is 5.02 Å². The number of carbonyl (C=O) groups is 1. The van der Waals surface area contributed by atoms with Gasteiger partial charge in [0.25, 0.3) is 0 Å². The van der Waals surface area contributed by atoms with Crippen molar-refractivity contribution in [3.63, 3.8) is 0 Å². The molecule has 29 heavy (non-hydrogen) atoms. The number of benzene rings is 2. The molecule has 3 nitrogen and oxygen atoms in total. The number of fused-ring (bicyclic) bond motifs is 1. The molecule has 2 aromatic carbocycles. The van der Waals surface area contributed by atoms with Crippen LogP contribution in [0.5, 0.6) is 11.5 Å². The van der Waals surface area contributed by atoms with Crippen molar-refractivity contribution in [2.75, 3.05) is 0 Å². The SMILES string of the molecule is CC(=O)c1cccc(C2Cc3cc(OC(F)(F)F)c(Cl)cc3O2)c1.CCC(C)C. The van der Waals surface area contributed by atoms with E-state index in [4.69, 9.17) is 16.3 Å². The van der Waals surface area contributed by atoms with Crippen molar-refractivity contribution in [3.8, 4) is 11.5 Å². The van der Waals surface area contributed by atoms with Crippen LogP contribution in [0.15, 0.2) is 36.4 Å². The van der Waals surface area contributed by atoms with E-state index in [0.717, 1.165) is 11.5 Å². The van der Waals surface area contributed by atoms with Crippen molar-refractivity contribution in [1.29, 1.82) is 0 Å². The number of Topliss-reactive ketones (excluding diaryl/α,β-unsaturated/α-hetero) is 1. The molecule has 158 valence electrons. The van der Waals surface area contributed by atoms with Gasteiger partial charge in [0.1, 0.15) is 17.6 Å². The second-order valence-electron chi connectivity index (χ2n) is 7.23. The number of halogens is 4. The number of hydrogen-bond acceptors (Lipinski definition) is 3. The van der Waals surface area contributed by atoms with E-state index < -0.39 is 18.2 Å². The highest BCUT2D eigenvalue weighted by Crippen LogP contribution is 2.43. The molecule has 0 radical (unpaired) electrons. The summed E-state index contributed by atoms with van der Waals surface area (Å²) in [5.41, 5.74) is 1.89. The fourth-order valence-corrected chi connectivity index (χ4v) is 2.78. The van der Waals surface area contributed by atoms with Crippen molar-refractivity contribution < 1.29 is 27.4 Å². The minimum Gasteiger partial charge on any atom is -0.485 e. The van der Waals surface area contributed by atoms with Gasteiger partial charge in [0.15, 0.2) is 5.78 Å². The Bertz CT molecular complexity index is 863. The third kappa shape index (κ3) is 6.67. The van der Waals surface area contributed by atoms with E-state index in [1.807, 2.05) is 0 Å². The summed E-state index contributed by atoms with van der Waals surface area (Å²) in [4.78, 5) is 11.5. The van der Waals surface area contributed by atoms with Crippen LogP contribution in [0.25, 0.3) is 0 Å². The van der Waals surface area contributed by atoms with Crippen LogP contribution in [0.4, 0.5) is 13.2 Å². The zero-order chi connectivity index (χ0) is 21.8. The van der Waals surface area contributed by atoms with Crippen LogP contribution in [-0.2, 0) is 6.42 Å². The maximum atomic E-state index is 12.4.